The molecule has 0 unspecified atom stereocenters. The second-order valence-corrected chi connectivity index (χ2v) is 8.42. The number of carbonyl (C=O) groups is 2. The average Bonchev–Trinajstić information content (AvgIpc) is 2.79. The van der Waals surface area contributed by atoms with Gasteiger partial charge < -0.3 is 14.4 Å². The molecule has 31 heavy (non-hydrogen) atoms. The molecule has 6 heteroatoms. The Bertz CT molecular complexity index is 871. The van der Waals surface area contributed by atoms with Gasteiger partial charge in [0.1, 0.15) is 12.2 Å². The van der Waals surface area contributed by atoms with E-state index in [9.17, 15) is 9.59 Å². The zero-order valence-electron chi connectivity index (χ0n) is 18.7. The zero-order chi connectivity index (χ0) is 22.2. The van der Waals surface area contributed by atoms with Gasteiger partial charge in [-0.3, -0.25) is 9.59 Å². The summed E-state index contributed by atoms with van der Waals surface area (Å²) in [5, 5.41) is 0. The lowest BCUT2D eigenvalue weighted by molar-refractivity contribution is 0.0644. The summed E-state index contributed by atoms with van der Waals surface area (Å²) in [7, 11) is 1.60. The van der Waals surface area contributed by atoms with Gasteiger partial charge in [-0.15, -0.1) is 0 Å². The van der Waals surface area contributed by atoms with Crippen molar-refractivity contribution in [3.8, 4) is 5.88 Å². The number of amides is 1. The molecule has 0 aliphatic carbocycles. The van der Waals surface area contributed by atoms with E-state index >= 15 is 0 Å². The zero-order valence-corrected chi connectivity index (χ0v) is 18.7. The number of pyridine rings is 1. The van der Waals surface area contributed by atoms with Gasteiger partial charge in [-0.1, -0.05) is 38.1 Å². The monoisotopic (exact) mass is 424 g/mol. The fraction of sp³-hybridized carbons (Fsp3) is 0.480. The van der Waals surface area contributed by atoms with Crippen molar-refractivity contribution < 1.29 is 19.1 Å². The van der Waals surface area contributed by atoms with E-state index in [0.29, 0.717) is 56.5 Å². The lowest BCUT2D eigenvalue weighted by Gasteiger charge is -2.31. The Labute approximate surface area is 184 Å². The summed E-state index contributed by atoms with van der Waals surface area (Å²) in [4.78, 5) is 31.9. The summed E-state index contributed by atoms with van der Waals surface area (Å²) < 4.78 is 10.6. The van der Waals surface area contributed by atoms with Crippen LogP contribution in [-0.2, 0) is 11.2 Å². The number of hydrogen-bond donors (Lipinski definition) is 0. The van der Waals surface area contributed by atoms with Crippen molar-refractivity contribution in [3.63, 3.8) is 0 Å². The molecule has 1 aliphatic heterocycles. The lowest BCUT2D eigenvalue weighted by Crippen LogP contribution is -2.40. The van der Waals surface area contributed by atoms with Crippen molar-refractivity contribution in [3.05, 3.63) is 59.3 Å². The molecule has 0 radical (unpaired) electrons. The Morgan fingerprint density at radius 1 is 1.10 bits per heavy atom. The normalized spacial score (nSPS) is 14.6. The number of methoxy groups -OCH3 is 1. The fourth-order valence-electron chi connectivity index (χ4n) is 3.92. The number of aromatic nitrogens is 1. The SMILES string of the molecule is COCCOc1ncccc1C(=O)N1CCC(C(=O)c2ccc(CC(C)C)cc2)CC1. The molecule has 1 aromatic heterocycles. The van der Waals surface area contributed by atoms with Crippen molar-refractivity contribution in [1.29, 1.82) is 0 Å². The van der Waals surface area contributed by atoms with Gasteiger partial charge in [-0.05, 0) is 42.9 Å². The third-order valence-electron chi connectivity index (χ3n) is 5.56. The highest BCUT2D eigenvalue weighted by Crippen LogP contribution is 2.25. The van der Waals surface area contributed by atoms with E-state index in [2.05, 4.69) is 31.0 Å². The highest BCUT2D eigenvalue weighted by Gasteiger charge is 2.29. The van der Waals surface area contributed by atoms with Crippen LogP contribution in [0.3, 0.4) is 0 Å². The number of ketones is 1. The molecule has 166 valence electrons. The maximum atomic E-state index is 13.0. The highest BCUT2D eigenvalue weighted by atomic mass is 16.5. The van der Waals surface area contributed by atoms with E-state index in [1.807, 2.05) is 12.1 Å². The standard InChI is InChI=1S/C25H32N2O4/c1-18(2)17-19-6-8-20(9-7-19)23(28)21-10-13-27(14-11-21)25(29)22-5-4-12-26-24(22)31-16-15-30-3/h4-9,12,18,21H,10-11,13-17H2,1-3H3. The fourth-order valence-corrected chi connectivity index (χ4v) is 3.92. The van der Waals surface area contributed by atoms with Crippen LogP contribution in [0.2, 0.25) is 0 Å². The van der Waals surface area contributed by atoms with Crippen LogP contribution in [0, 0.1) is 11.8 Å². The predicted molar refractivity (Wildman–Crippen MR) is 120 cm³/mol. The molecule has 2 aromatic rings. The molecule has 1 amide bonds. The molecular formula is C25H32N2O4. The number of ether oxygens (including phenoxy) is 2. The molecule has 1 saturated heterocycles. The van der Waals surface area contributed by atoms with Gasteiger partial charge >= 0.3 is 0 Å². The number of Topliss-reactive ketones (excluding diaryl/α,β-unsaturated/α-hetero) is 1. The molecule has 0 spiro atoms. The first-order valence-corrected chi connectivity index (χ1v) is 11.0. The van der Waals surface area contributed by atoms with Gasteiger partial charge in [0.05, 0.1) is 6.61 Å². The Morgan fingerprint density at radius 3 is 2.45 bits per heavy atom. The minimum absolute atomic E-state index is 0.0497. The van der Waals surface area contributed by atoms with Gasteiger partial charge in [-0.25, -0.2) is 4.98 Å². The van der Waals surface area contributed by atoms with Crippen LogP contribution < -0.4 is 4.74 Å². The van der Waals surface area contributed by atoms with Crippen LogP contribution in [0.25, 0.3) is 0 Å². The molecule has 2 heterocycles. The van der Waals surface area contributed by atoms with Crippen molar-refractivity contribution in [1.82, 2.24) is 9.88 Å². The molecule has 0 saturated carbocycles. The number of piperidine rings is 1. The summed E-state index contributed by atoms with van der Waals surface area (Å²) in [5.41, 5.74) is 2.47. The van der Waals surface area contributed by atoms with Crippen LogP contribution in [0.1, 0.15) is 53.0 Å². The number of rotatable bonds is 9. The maximum Gasteiger partial charge on any atom is 0.259 e. The summed E-state index contributed by atoms with van der Waals surface area (Å²) >= 11 is 0. The first-order valence-electron chi connectivity index (χ1n) is 11.0. The summed E-state index contributed by atoms with van der Waals surface area (Å²) in [5.74, 6) is 0.933. The van der Waals surface area contributed by atoms with E-state index in [0.717, 1.165) is 12.0 Å². The first kappa shape index (κ1) is 22.9. The lowest BCUT2D eigenvalue weighted by atomic mass is 9.88. The minimum Gasteiger partial charge on any atom is -0.475 e. The summed E-state index contributed by atoms with van der Waals surface area (Å²) in [6.07, 6.45) is 3.95. The molecule has 6 nitrogen and oxygen atoms in total. The van der Waals surface area contributed by atoms with Gasteiger partial charge in [0.2, 0.25) is 5.88 Å². The van der Waals surface area contributed by atoms with Crippen LogP contribution in [0.4, 0.5) is 0 Å². The van der Waals surface area contributed by atoms with Crippen molar-refractivity contribution in [2.75, 3.05) is 33.4 Å². The van der Waals surface area contributed by atoms with Crippen LogP contribution in [0.15, 0.2) is 42.6 Å². The molecule has 0 bridgehead atoms. The number of nitrogens with zero attached hydrogens (tertiary/aromatic N) is 2. The summed E-state index contributed by atoms with van der Waals surface area (Å²) in [6.45, 7) is 6.24. The second kappa shape index (κ2) is 11.0. The van der Waals surface area contributed by atoms with Gasteiger partial charge in [-0.2, -0.15) is 0 Å². The topological polar surface area (TPSA) is 68.7 Å². The van der Waals surface area contributed by atoms with Crippen molar-refractivity contribution in [2.45, 2.75) is 33.1 Å². The van der Waals surface area contributed by atoms with Gasteiger partial charge in [0.25, 0.3) is 5.91 Å². The van der Waals surface area contributed by atoms with Crippen LogP contribution >= 0.6 is 0 Å². The third kappa shape index (κ3) is 6.14. The number of carbonyl (C=O) groups excluding carboxylic acids is 2. The van der Waals surface area contributed by atoms with E-state index in [-0.39, 0.29) is 17.6 Å². The first-order chi connectivity index (χ1) is 15.0. The molecule has 1 aliphatic rings. The largest absolute Gasteiger partial charge is 0.475 e. The Hall–Kier alpha value is -2.73. The average molecular weight is 425 g/mol. The smallest absolute Gasteiger partial charge is 0.259 e. The second-order valence-electron chi connectivity index (χ2n) is 8.42. The Balaban J connectivity index is 1.58. The molecule has 1 fully saturated rings. The third-order valence-corrected chi connectivity index (χ3v) is 5.56. The number of benzene rings is 1. The van der Waals surface area contributed by atoms with Crippen molar-refractivity contribution in [2.24, 2.45) is 11.8 Å². The van der Waals surface area contributed by atoms with Gasteiger partial charge in [0, 0.05) is 37.9 Å². The Kier molecular flexibility index (Phi) is 8.18. The summed E-state index contributed by atoms with van der Waals surface area (Å²) in [6, 6.07) is 11.5. The molecule has 0 N–H and O–H groups in total. The quantitative estimate of drug-likeness (QED) is 0.449. The van der Waals surface area contributed by atoms with Crippen LogP contribution in [0.5, 0.6) is 5.88 Å². The molecular weight excluding hydrogens is 392 g/mol. The predicted octanol–water partition coefficient (Wildman–Crippen LogP) is 4.04. The van der Waals surface area contributed by atoms with Gasteiger partial charge in [0.15, 0.2) is 5.78 Å². The van der Waals surface area contributed by atoms with E-state index < -0.39 is 0 Å². The molecule has 3 rings (SSSR count). The molecule has 0 atom stereocenters. The minimum atomic E-state index is -0.107. The highest BCUT2D eigenvalue weighted by molar-refractivity contribution is 5.99. The number of likely N-dealkylation sites (tertiary alicyclic amines) is 1. The van der Waals surface area contributed by atoms with Crippen LogP contribution in [-0.4, -0.2) is 55.0 Å². The Morgan fingerprint density at radius 2 is 1.81 bits per heavy atom. The van der Waals surface area contributed by atoms with E-state index in [1.54, 1.807) is 30.3 Å². The molecule has 1 aromatic carbocycles. The van der Waals surface area contributed by atoms with E-state index in [4.69, 9.17) is 9.47 Å². The number of hydrogen-bond acceptors (Lipinski definition) is 5. The maximum absolute atomic E-state index is 13.0. The van der Waals surface area contributed by atoms with E-state index in [1.165, 1.54) is 5.56 Å². The van der Waals surface area contributed by atoms with Crippen molar-refractivity contribution >= 4 is 11.7 Å².